The van der Waals surface area contributed by atoms with E-state index in [1.165, 1.54) is 0 Å². The minimum atomic E-state index is 0.0189. The van der Waals surface area contributed by atoms with Gasteiger partial charge in [0.2, 0.25) is 0 Å². The number of fused-ring (bicyclic) bond motifs is 1. The second kappa shape index (κ2) is 4.69. The molecular weight excluding hydrogens is 222 g/mol. The Morgan fingerprint density at radius 3 is 2.61 bits per heavy atom. The van der Waals surface area contributed by atoms with Gasteiger partial charge in [-0.05, 0) is 12.1 Å². The number of pyridine rings is 1. The third-order valence-electron chi connectivity index (χ3n) is 2.89. The molecule has 0 bridgehead atoms. The van der Waals surface area contributed by atoms with Crippen LogP contribution in [-0.2, 0) is 0 Å². The molecule has 3 heteroatoms. The number of hydrazine groups is 1. The van der Waals surface area contributed by atoms with Crippen molar-refractivity contribution in [3.8, 4) is 0 Å². The highest BCUT2D eigenvalue weighted by Crippen LogP contribution is 2.23. The van der Waals surface area contributed by atoms with Gasteiger partial charge in [0.05, 0.1) is 11.2 Å². The van der Waals surface area contributed by atoms with Gasteiger partial charge in [-0.2, -0.15) is 0 Å². The van der Waals surface area contributed by atoms with E-state index in [4.69, 9.17) is 0 Å². The average molecular weight is 241 g/mol. The quantitative estimate of drug-likeness (QED) is 0.804. The highest BCUT2D eigenvalue weighted by Gasteiger charge is 2.14. The van der Waals surface area contributed by atoms with Crippen molar-refractivity contribution in [2.24, 2.45) is 5.41 Å². The number of anilines is 1. The van der Waals surface area contributed by atoms with Crippen LogP contribution in [0.2, 0.25) is 0 Å². The Labute approximate surface area is 108 Å². The molecule has 3 nitrogen and oxygen atoms in total. The number of hydrogen-bond acceptors (Lipinski definition) is 3. The maximum Gasteiger partial charge on any atom is 0.0951 e. The molecule has 0 aliphatic carbocycles. The number of allylic oxidation sites excluding steroid dienone is 1. The maximum absolute atomic E-state index is 4.39. The fourth-order valence-corrected chi connectivity index (χ4v) is 1.54. The van der Waals surface area contributed by atoms with Crippen LogP contribution >= 0.6 is 0 Å². The van der Waals surface area contributed by atoms with Crippen LogP contribution < -0.4 is 10.9 Å². The van der Waals surface area contributed by atoms with Crippen LogP contribution in [0.1, 0.15) is 20.8 Å². The number of aromatic nitrogens is 1. The van der Waals surface area contributed by atoms with Crippen LogP contribution in [0.3, 0.4) is 0 Å². The van der Waals surface area contributed by atoms with Crippen molar-refractivity contribution in [1.29, 1.82) is 0 Å². The normalized spacial score (nSPS) is 11.3. The molecule has 2 rings (SSSR count). The summed E-state index contributed by atoms with van der Waals surface area (Å²) >= 11 is 0. The molecule has 0 amide bonds. The van der Waals surface area contributed by atoms with Gasteiger partial charge in [-0.3, -0.25) is 10.4 Å². The van der Waals surface area contributed by atoms with Crippen LogP contribution in [-0.4, -0.2) is 4.98 Å². The minimum Gasteiger partial charge on any atom is -0.305 e. The molecule has 2 N–H and O–H groups in total. The van der Waals surface area contributed by atoms with Gasteiger partial charge in [0.1, 0.15) is 0 Å². The van der Waals surface area contributed by atoms with E-state index in [0.717, 1.165) is 22.3 Å². The minimum absolute atomic E-state index is 0.0189. The van der Waals surface area contributed by atoms with Gasteiger partial charge in [-0.25, -0.2) is 0 Å². The topological polar surface area (TPSA) is 37.0 Å². The van der Waals surface area contributed by atoms with E-state index >= 15 is 0 Å². The largest absolute Gasteiger partial charge is 0.305 e. The molecule has 0 aliphatic heterocycles. The first kappa shape index (κ1) is 12.4. The van der Waals surface area contributed by atoms with E-state index in [0.29, 0.717) is 0 Å². The average Bonchev–Trinajstić information content (AvgIpc) is 2.34. The summed E-state index contributed by atoms with van der Waals surface area (Å²) in [6.07, 6.45) is 1.80. The Morgan fingerprint density at radius 2 is 1.89 bits per heavy atom. The highest BCUT2D eigenvalue weighted by molar-refractivity contribution is 5.89. The highest BCUT2D eigenvalue weighted by atomic mass is 15.4. The Hall–Kier alpha value is -2.03. The molecule has 0 saturated carbocycles. The summed E-state index contributed by atoms with van der Waals surface area (Å²) in [4.78, 5) is 4.39. The summed E-state index contributed by atoms with van der Waals surface area (Å²) in [7, 11) is 0. The van der Waals surface area contributed by atoms with E-state index in [1.54, 1.807) is 6.20 Å². The molecular formula is C15H19N3. The van der Waals surface area contributed by atoms with Gasteiger partial charge in [-0.1, -0.05) is 45.5 Å². The van der Waals surface area contributed by atoms with E-state index in [2.05, 4.69) is 43.2 Å². The Balaban J connectivity index is 2.20. The van der Waals surface area contributed by atoms with Gasteiger partial charge in [0, 0.05) is 22.7 Å². The lowest BCUT2D eigenvalue weighted by Crippen LogP contribution is -2.28. The number of hydrogen-bond donors (Lipinski definition) is 2. The lowest BCUT2D eigenvalue weighted by atomic mass is 9.93. The molecule has 1 heterocycles. The fraction of sp³-hybridized carbons (Fsp3) is 0.267. The third-order valence-corrected chi connectivity index (χ3v) is 2.89. The standard InChI is InChI=1S/C15H19N3/c1-11(15(2,3)4)17-18-13-9-5-7-12-8-6-10-16-14(12)13/h5-10,17-18H,1H2,2-4H3. The second-order valence-corrected chi connectivity index (χ2v) is 5.36. The molecule has 0 aliphatic rings. The first-order chi connectivity index (χ1) is 8.48. The number of rotatable bonds is 3. The monoisotopic (exact) mass is 241 g/mol. The zero-order valence-corrected chi connectivity index (χ0v) is 11.1. The molecule has 0 unspecified atom stereocenters. The third kappa shape index (κ3) is 2.62. The summed E-state index contributed by atoms with van der Waals surface area (Å²) < 4.78 is 0. The van der Waals surface area contributed by atoms with Crippen LogP contribution in [0.5, 0.6) is 0 Å². The van der Waals surface area contributed by atoms with Gasteiger partial charge < -0.3 is 5.43 Å². The molecule has 18 heavy (non-hydrogen) atoms. The number of para-hydroxylation sites is 1. The SMILES string of the molecule is C=C(NNc1cccc2cccnc12)C(C)(C)C. The van der Waals surface area contributed by atoms with Crippen LogP contribution in [0.25, 0.3) is 10.9 Å². The maximum atomic E-state index is 4.39. The van der Waals surface area contributed by atoms with E-state index in [-0.39, 0.29) is 5.41 Å². The number of nitrogens with one attached hydrogen (secondary N) is 2. The first-order valence-corrected chi connectivity index (χ1v) is 6.03. The van der Waals surface area contributed by atoms with Crippen molar-refractivity contribution >= 4 is 16.6 Å². The molecule has 0 fully saturated rings. The molecule has 94 valence electrons. The van der Waals surface area contributed by atoms with Crippen molar-refractivity contribution in [3.63, 3.8) is 0 Å². The van der Waals surface area contributed by atoms with Crippen molar-refractivity contribution in [3.05, 3.63) is 48.8 Å². The van der Waals surface area contributed by atoms with E-state index in [9.17, 15) is 0 Å². The number of benzene rings is 1. The molecule has 2 aromatic rings. The Bertz CT molecular complexity index is 562. The smallest absolute Gasteiger partial charge is 0.0951 e. The molecule has 0 atom stereocenters. The van der Waals surface area contributed by atoms with Crippen LogP contribution in [0.15, 0.2) is 48.8 Å². The van der Waals surface area contributed by atoms with Gasteiger partial charge in [0.25, 0.3) is 0 Å². The van der Waals surface area contributed by atoms with Gasteiger partial charge in [-0.15, -0.1) is 0 Å². The predicted molar refractivity (Wildman–Crippen MR) is 77.1 cm³/mol. The Kier molecular flexibility index (Phi) is 3.24. The lowest BCUT2D eigenvalue weighted by molar-refractivity contribution is 0.474. The summed E-state index contributed by atoms with van der Waals surface area (Å²) in [5.74, 6) is 0. The lowest BCUT2D eigenvalue weighted by Gasteiger charge is -2.24. The van der Waals surface area contributed by atoms with Crippen molar-refractivity contribution in [2.45, 2.75) is 20.8 Å². The van der Waals surface area contributed by atoms with E-state index < -0.39 is 0 Å². The summed E-state index contributed by atoms with van der Waals surface area (Å²) in [5, 5.41) is 1.12. The van der Waals surface area contributed by atoms with Crippen molar-refractivity contribution < 1.29 is 0 Å². The molecule has 1 aromatic carbocycles. The van der Waals surface area contributed by atoms with Crippen LogP contribution in [0.4, 0.5) is 5.69 Å². The summed E-state index contributed by atoms with van der Waals surface area (Å²) in [5.41, 5.74) is 9.20. The van der Waals surface area contributed by atoms with Gasteiger partial charge in [0.15, 0.2) is 0 Å². The molecule has 0 radical (unpaired) electrons. The zero-order chi connectivity index (χ0) is 13.2. The predicted octanol–water partition coefficient (Wildman–Crippen LogP) is 3.71. The van der Waals surface area contributed by atoms with Gasteiger partial charge >= 0.3 is 0 Å². The molecule has 1 aromatic heterocycles. The van der Waals surface area contributed by atoms with E-state index in [1.807, 2.05) is 30.3 Å². The zero-order valence-electron chi connectivity index (χ0n) is 11.1. The number of nitrogens with zero attached hydrogens (tertiary/aromatic N) is 1. The fourth-order valence-electron chi connectivity index (χ4n) is 1.54. The van der Waals surface area contributed by atoms with Crippen molar-refractivity contribution in [1.82, 2.24) is 10.4 Å². The molecule has 0 spiro atoms. The summed E-state index contributed by atoms with van der Waals surface area (Å²) in [6.45, 7) is 10.4. The molecule has 0 saturated heterocycles. The first-order valence-electron chi connectivity index (χ1n) is 6.03. The van der Waals surface area contributed by atoms with Crippen LogP contribution in [0, 0.1) is 5.41 Å². The van der Waals surface area contributed by atoms with Crippen molar-refractivity contribution in [2.75, 3.05) is 5.43 Å². The second-order valence-electron chi connectivity index (χ2n) is 5.36. The summed E-state index contributed by atoms with van der Waals surface area (Å²) in [6, 6.07) is 10.0. The Morgan fingerprint density at radius 1 is 1.17 bits per heavy atom.